The summed E-state index contributed by atoms with van der Waals surface area (Å²) in [6.07, 6.45) is 1.67. The molecule has 98 valence electrons. The van der Waals surface area contributed by atoms with Gasteiger partial charge in [-0.2, -0.15) is 0 Å². The van der Waals surface area contributed by atoms with Gasteiger partial charge in [0.2, 0.25) is 0 Å². The predicted molar refractivity (Wildman–Crippen MR) is 74.6 cm³/mol. The molecule has 1 aromatic carbocycles. The third-order valence-electron chi connectivity index (χ3n) is 2.56. The lowest BCUT2D eigenvalue weighted by molar-refractivity contribution is 0.0616. The molecule has 1 rings (SSSR count). The standard InChI is InChI=1S/C14H18FNOS/c1-5-8-16(14(2,3)4)13(17)10-6-7-11(15)12(18)9-10/h5-7,9,18H,1,8H2,2-4H3. The normalized spacial score (nSPS) is 11.2. The maximum absolute atomic E-state index is 13.1. The first-order chi connectivity index (χ1) is 8.27. The predicted octanol–water partition coefficient (Wildman–Crippen LogP) is 3.54. The van der Waals surface area contributed by atoms with Crippen molar-refractivity contribution in [1.29, 1.82) is 0 Å². The van der Waals surface area contributed by atoms with Crippen molar-refractivity contribution in [2.75, 3.05) is 6.54 Å². The van der Waals surface area contributed by atoms with Gasteiger partial charge < -0.3 is 4.90 Å². The van der Waals surface area contributed by atoms with Gasteiger partial charge >= 0.3 is 0 Å². The first-order valence-corrected chi connectivity index (χ1v) is 6.13. The Kier molecular flexibility index (Phi) is 4.57. The van der Waals surface area contributed by atoms with Crippen LogP contribution in [0.25, 0.3) is 0 Å². The smallest absolute Gasteiger partial charge is 0.254 e. The van der Waals surface area contributed by atoms with Crippen molar-refractivity contribution in [1.82, 2.24) is 4.90 Å². The number of benzene rings is 1. The molecule has 0 saturated heterocycles. The van der Waals surface area contributed by atoms with Crippen LogP contribution < -0.4 is 0 Å². The Hall–Kier alpha value is -1.29. The van der Waals surface area contributed by atoms with Gasteiger partial charge in [0.15, 0.2) is 0 Å². The molecule has 1 amide bonds. The molecule has 0 saturated carbocycles. The number of amides is 1. The number of carbonyl (C=O) groups excluding carboxylic acids is 1. The molecule has 0 spiro atoms. The van der Waals surface area contributed by atoms with E-state index in [1.807, 2.05) is 20.8 Å². The number of hydrogen-bond acceptors (Lipinski definition) is 2. The van der Waals surface area contributed by atoms with E-state index >= 15 is 0 Å². The summed E-state index contributed by atoms with van der Waals surface area (Å²) < 4.78 is 13.1. The fourth-order valence-corrected chi connectivity index (χ4v) is 1.81. The van der Waals surface area contributed by atoms with Crippen LogP contribution in [0.15, 0.2) is 35.7 Å². The second-order valence-corrected chi connectivity index (χ2v) is 5.52. The lowest BCUT2D eigenvalue weighted by atomic mass is 10.0. The zero-order chi connectivity index (χ0) is 13.9. The summed E-state index contributed by atoms with van der Waals surface area (Å²) in [5, 5.41) is 0. The minimum atomic E-state index is -0.430. The van der Waals surface area contributed by atoms with Crippen LogP contribution in [0.4, 0.5) is 4.39 Å². The fourth-order valence-electron chi connectivity index (χ4n) is 1.59. The first-order valence-electron chi connectivity index (χ1n) is 5.68. The van der Waals surface area contributed by atoms with Gasteiger partial charge in [0, 0.05) is 22.5 Å². The average molecular weight is 267 g/mol. The van der Waals surface area contributed by atoms with E-state index in [1.165, 1.54) is 18.2 Å². The Morgan fingerprint density at radius 3 is 2.56 bits per heavy atom. The second-order valence-electron chi connectivity index (χ2n) is 5.04. The van der Waals surface area contributed by atoms with E-state index in [0.717, 1.165) is 0 Å². The third-order valence-corrected chi connectivity index (χ3v) is 2.90. The Morgan fingerprint density at radius 2 is 2.11 bits per heavy atom. The quantitative estimate of drug-likeness (QED) is 0.656. The molecule has 0 N–H and O–H groups in total. The highest BCUT2D eigenvalue weighted by Gasteiger charge is 2.26. The highest BCUT2D eigenvalue weighted by atomic mass is 32.1. The lowest BCUT2D eigenvalue weighted by Crippen LogP contribution is -2.45. The molecular formula is C14H18FNOS. The minimum Gasteiger partial charge on any atom is -0.330 e. The Bertz CT molecular complexity index is 465. The maximum Gasteiger partial charge on any atom is 0.254 e. The summed E-state index contributed by atoms with van der Waals surface area (Å²) in [6, 6.07) is 4.17. The molecule has 4 heteroatoms. The molecule has 0 bridgehead atoms. The number of thiol groups is 1. The van der Waals surface area contributed by atoms with Crippen molar-refractivity contribution in [3.8, 4) is 0 Å². The summed E-state index contributed by atoms with van der Waals surface area (Å²) in [6.45, 7) is 9.93. The largest absolute Gasteiger partial charge is 0.330 e. The molecule has 0 aliphatic rings. The van der Waals surface area contributed by atoms with Crippen LogP contribution in [-0.4, -0.2) is 22.9 Å². The average Bonchev–Trinajstić information content (AvgIpc) is 2.27. The summed E-state index contributed by atoms with van der Waals surface area (Å²) in [7, 11) is 0. The molecule has 0 fully saturated rings. The van der Waals surface area contributed by atoms with E-state index in [9.17, 15) is 9.18 Å². The molecule has 0 aliphatic heterocycles. The Labute approximate surface area is 113 Å². The van der Waals surface area contributed by atoms with Crippen molar-refractivity contribution >= 4 is 18.5 Å². The molecular weight excluding hydrogens is 249 g/mol. The van der Waals surface area contributed by atoms with Gasteiger partial charge in [-0.15, -0.1) is 19.2 Å². The number of carbonyl (C=O) groups is 1. The molecule has 0 unspecified atom stereocenters. The van der Waals surface area contributed by atoms with Gasteiger partial charge in [0.05, 0.1) is 0 Å². The van der Waals surface area contributed by atoms with Crippen LogP contribution in [-0.2, 0) is 0 Å². The highest BCUT2D eigenvalue weighted by Crippen LogP contribution is 2.20. The van der Waals surface area contributed by atoms with Crippen molar-refractivity contribution in [2.45, 2.75) is 31.2 Å². The van der Waals surface area contributed by atoms with Gasteiger partial charge in [-0.05, 0) is 39.0 Å². The molecule has 0 aromatic heterocycles. The van der Waals surface area contributed by atoms with Crippen LogP contribution in [0, 0.1) is 5.82 Å². The molecule has 0 radical (unpaired) electrons. The van der Waals surface area contributed by atoms with Crippen LogP contribution in [0.5, 0.6) is 0 Å². The molecule has 2 nitrogen and oxygen atoms in total. The van der Waals surface area contributed by atoms with E-state index in [4.69, 9.17) is 0 Å². The number of halogens is 1. The van der Waals surface area contributed by atoms with E-state index in [1.54, 1.807) is 11.0 Å². The molecule has 0 heterocycles. The van der Waals surface area contributed by atoms with Gasteiger partial charge in [-0.25, -0.2) is 4.39 Å². The number of rotatable bonds is 3. The van der Waals surface area contributed by atoms with Crippen molar-refractivity contribution in [3.05, 3.63) is 42.2 Å². The second kappa shape index (κ2) is 5.57. The van der Waals surface area contributed by atoms with Gasteiger partial charge in [-0.1, -0.05) is 6.08 Å². The van der Waals surface area contributed by atoms with Gasteiger partial charge in [-0.3, -0.25) is 4.79 Å². The fraction of sp³-hybridized carbons (Fsp3) is 0.357. The SMILES string of the molecule is C=CCN(C(=O)c1ccc(F)c(S)c1)C(C)(C)C. The summed E-state index contributed by atoms with van der Waals surface area (Å²) in [4.78, 5) is 14.2. The minimum absolute atomic E-state index is 0.155. The zero-order valence-electron chi connectivity index (χ0n) is 10.9. The number of hydrogen-bond donors (Lipinski definition) is 1. The Morgan fingerprint density at radius 1 is 1.50 bits per heavy atom. The summed E-state index contributed by atoms with van der Waals surface area (Å²) in [5.74, 6) is -0.585. The maximum atomic E-state index is 13.1. The van der Waals surface area contributed by atoms with Gasteiger partial charge in [0.25, 0.3) is 5.91 Å². The van der Waals surface area contributed by atoms with E-state index in [-0.39, 0.29) is 16.3 Å². The summed E-state index contributed by atoms with van der Waals surface area (Å²) >= 11 is 3.99. The third kappa shape index (κ3) is 3.35. The van der Waals surface area contributed by atoms with Crippen molar-refractivity contribution in [2.24, 2.45) is 0 Å². The zero-order valence-corrected chi connectivity index (χ0v) is 11.8. The first kappa shape index (κ1) is 14.8. The highest BCUT2D eigenvalue weighted by molar-refractivity contribution is 7.80. The van der Waals surface area contributed by atoms with E-state index in [2.05, 4.69) is 19.2 Å². The van der Waals surface area contributed by atoms with Gasteiger partial charge in [0.1, 0.15) is 5.82 Å². The topological polar surface area (TPSA) is 20.3 Å². The van der Waals surface area contributed by atoms with Crippen LogP contribution in [0.3, 0.4) is 0 Å². The summed E-state index contributed by atoms with van der Waals surface area (Å²) in [5.41, 5.74) is 0.106. The number of nitrogens with zero attached hydrogens (tertiary/aromatic N) is 1. The van der Waals surface area contributed by atoms with E-state index in [0.29, 0.717) is 12.1 Å². The lowest BCUT2D eigenvalue weighted by Gasteiger charge is -2.35. The van der Waals surface area contributed by atoms with Crippen molar-refractivity contribution < 1.29 is 9.18 Å². The molecule has 0 atom stereocenters. The van der Waals surface area contributed by atoms with Crippen LogP contribution in [0.1, 0.15) is 31.1 Å². The van der Waals surface area contributed by atoms with Crippen molar-refractivity contribution in [3.63, 3.8) is 0 Å². The monoisotopic (exact) mass is 267 g/mol. The molecule has 1 aromatic rings. The van der Waals surface area contributed by atoms with Crippen LogP contribution >= 0.6 is 12.6 Å². The molecule has 0 aliphatic carbocycles. The molecule has 18 heavy (non-hydrogen) atoms. The Balaban J connectivity index is 3.09. The van der Waals surface area contributed by atoms with Crippen LogP contribution in [0.2, 0.25) is 0 Å². The van der Waals surface area contributed by atoms with E-state index < -0.39 is 5.82 Å².